The van der Waals surface area contributed by atoms with Gasteiger partial charge >= 0.3 is 0 Å². The highest BCUT2D eigenvalue weighted by molar-refractivity contribution is 7.15. The lowest BCUT2D eigenvalue weighted by atomic mass is 9.77. The second-order valence-electron chi connectivity index (χ2n) is 7.27. The molecule has 0 spiro atoms. The van der Waals surface area contributed by atoms with Crippen molar-refractivity contribution in [2.45, 2.75) is 70.9 Å². The summed E-state index contributed by atoms with van der Waals surface area (Å²) in [4.78, 5) is 8.33. The van der Waals surface area contributed by atoms with Gasteiger partial charge in [-0.05, 0) is 31.1 Å². The summed E-state index contributed by atoms with van der Waals surface area (Å²) in [6.45, 7) is 4.45. The van der Waals surface area contributed by atoms with E-state index < -0.39 is 0 Å². The average Bonchev–Trinajstić information content (AvgIpc) is 2.81. The number of hydrogen-bond donors (Lipinski definition) is 1. The first-order chi connectivity index (χ1) is 9.46. The molecule has 1 aromatic rings. The topological polar surface area (TPSA) is 36.4 Å². The van der Waals surface area contributed by atoms with Crippen LogP contribution in [0.25, 0.3) is 0 Å². The van der Waals surface area contributed by atoms with Gasteiger partial charge in [0.05, 0.1) is 16.7 Å². The van der Waals surface area contributed by atoms with Crippen molar-refractivity contribution < 1.29 is 5.11 Å². The molecule has 0 radical (unpaired) electrons. The normalized spacial score (nSPS) is 26.3. The molecule has 2 aliphatic carbocycles. The van der Waals surface area contributed by atoms with Gasteiger partial charge in [0.15, 0.2) is 5.13 Å². The molecule has 2 aliphatic rings. The molecule has 1 saturated carbocycles. The predicted octanol–water partition coefficient (Wildman–Crippen LogP) is 3.92. The first-order valence-corrected chi connectivity index (χ1v) is 8.68. The van der Waals surface area contributed by atoms with Crippen LogP contribution in [0.2, 0.25) is 0 Å². The van der Waals surface area contributed by atoms with E-state index in [2.05, 4.69) is 25.8 Å². The average molecular weight is 294 g/mol. The lowest BCUT2D eigenvalue weighted by Gasteiger charge is -2.31. The number of thiazole rings is 1. The number of fused-ring (bicyclic) bond motifs is 1. The van der Waals surface area contributed by atoms with Gasteiger partial charge in [-0.2, -0.15) is 0 Å². The van der Waals surface area contributed by atoms with Crippen molar-refractivity contribution in [3.63, 3.8) is 0 Å². The Kier molecular flexibility index (Phi) is 3.80. The molecule has 0 amide bonds. The number of hydrogen-bond acceptors (Lipinski definition) is 4. The fourth-order valence-electron chi connectivity index (χ4n) is 3.65. The summed E-state index contributed by atoms with van der Waals surface area (Å²) in [7, 11) is 2.18. The van der Waals surface area contributed by atoms with E-state index in [4.69, 9.17) is 4.98 Å². The minimum Gasteiger partial charge on any atom is -0.387 e. The predicted molar refractivity (Wildman–Crippen MR) is 84.5 cm³/mol. The Bertz CT molecular complexity index is 477. The minimum absolute atomic E-state index is 0.168. The van der Waals surface area contributed by atoms with Crippen molar-refractivity contribution in [3.8, 4) is 0 Å². The van der Waals surface area contributed by atoms with E-state index in [9.17, 15) is 5.11 Å². The first kappa shape index (κ1) is 14.3. The van der Waals surface area contributed by atoms with Gasteiger partial charge < -0.3 is 10.0 Å². The van der Waals surface area contributed by atoms with Crippen LogP contribution in [0.3, 0.4) is 0 Å². The van der Waals surface area contributed by atoms with E-state index in [0.29, 0.717) is 6.04 Å². The Morgan fingerprint density at radius 3 is 2.65 bits per heavy atom. The third-order valence-electron chi connectivity index (χ3n) is 4.83. The highest BCUT2D eigenvalue weighted by Gasteiger charge is 2.35. The van der Waals surface area contributed by atoms with Gasteiger partial charge in [0.2, 0.25) is 0 Å². The maximum Gasteiger partial charge on any atom is 0.185 e. The molecule has 3 rings (SSSR count). The zero-order chi connectivity index (χ0) is 14.3. The number of aliphatic hydroxyl groups excluding tert-OH is 1. The quantitative estimate of drug-likeness (QED) is 0.898. The number of aromatic nitrogens is 1. The molecule has 1 N–H and O–H groups in total. The molecule has 4 heteroatoms. The van der Waals surface area contributed by atoms with Crippen molar-refractivity contribution >= 4 is 16.5 Å². The molecule has 20 heavy (non-hydrogen) atoms. The van der Waals surface area contributed by atoms with Crippen molar-refractivity contribution in [2.24, 2.45) is 5.41 Å². The van der Waals surface area contributed by atoms with E-state index in [1.807, 2.05) is 0 Å². The van der Waals surface area contributed by atoms with E-state index in [1.165, 1.54) is 32.1 Å². The standard InChI is InChI=1S/C16H26N2OS/c1-16(2)9-12-14(13(19)10-16)20-15(17-12)18(3)11-7-5-4-6-8-11/h11,13,19H,4-10H2,1-3H3. The molecular formula is C16H26N2OS. The van der Waals surface area contributed by atoms with Crippen LogP contribution in [0, 0.1) is 5.41 Å². The molecule has 112 valence electrons. The van der Waals surface area contributed by atoms with Crippen molar-refractivity contribution in [2.75, 3.05) is 11.9 Å². The zero-order valence-corrected chi connectivity index (χ0v) is 13.7. The molecule has 1 fully saturated rings. The summed E-state index contributed by atoms with van der Waals surface area (Å²) < 4.78 is 0. The van der Waals surface area contributed by atoms with Gasteiger partial charge in [0, 0.05) is 13.1 Å². The monoisotopic (exact) mass is 294 g/mol. The Balaban J connectivity index is 1.82. The summed E-state index contributed by atoms with van der Waals surface area (Å²) >= 11 is 1.71. The lowest BCUT2D eigenvalue weighted by Crippen LogP contribution is -2.33. The highest BCUT2D eigenvalue weighted by Crippen LogP contribution is 2.45. The third-order valence-corrected chi connectivity index (χ3v) is 6.12. The highest BCUT2D eigenvalue weighted by atomic mass is 32.1. The molecule has 1 aromatic heterocycles. The van der Waals surface area contributed by atoms with E-state index in [1.54, 1.807) is 11.3 Å². The van der Waals surface area contributed by atoms with E-state index >= 15 is 0 Å². The van der Waals surface area contributed by atoms with E-state index in [-0.39, 0.29) is 11.5 Å². The van der Waals surface area contributed by atoms with Gasteiger partial charge in [-0.15, -0.1) is 0 Å². The van der Waals surface area contributed by atoms with Crippen LogP contribution < -0.4 is 4.90 Å². The fraction of sp³-hybridized carbons (Fsp3) is 0.812. The molecule has 1 heterocycles. The third kappa shape index (κ3) is 2.73. The largest absolute Gasteiger partial charge is 0.387 e. The van der Waals surface area contributed by atoms with Crippen LogP contribution in [-0.4, -0.2) is 23.2 Å². The van der Waals surface area contributed by atoms with E-state index in [0.717, 1.165) is 28.5 Å². The van der Waals surface area contributed by atoms with Gasteiger partial charge in [-0.25, -0.2) is 4.98 Å². The van der Waals surface area contributed by atoms with Crippen molar-refractivity contribution in [1.82, 2.24) is 4.98 Å². The number of aliphatic hydroxyl groups is 1. The van der Waals surface area contributed by atoms with Gasteiger partial charge in [-0.3, -0.25) is 0 Å². The molecular weight excluding hydrogens is 268 g/mol. The Morgan fingerprint density at radius 1 is 1.25 bits per heavy atom. The molecule has 0 bridgehead atoms. The molecule has 0 aliphatic heterocycles. The maximum atomic E-state index is 10.4. The number of rotatable bonds is 2. The second-order valence-corrected chi connectivity index (χ2v) is 8.28. The smallest absolute Gasteiger partial charge is 0.185 e. The second kappa shape index (κ2) is 5.30. The van der Waals surface area contributed by atoms with Crippen molar-refractivity contribution in [1.29, 1.82) is 0 Å². The summed E-state index contributed by atoms with van der Waals surface area (Å²) in [6, 6.07) is 0.640. The zero-order valence-electron chi connectivity index (χ0n) is 12.9. The van der Waals surface area contributed by atoms with Gasteiger partial charge in [-0.1, -0.05) is 44.4 Å². The lowest BCUT2D eigenvalue weighted by molar-refractivity contribution is 0.102. The number of anilines is 1. The SMILES string of the molecule is CN(c1nc2c(s1)C(O)CC(C)(C)C2)C1CCCCC1. The Hall–Kier alpha value is -0.610. The summed E-state index contributed by atoms with van der Waals surface area (Å²) in [5.41, 5.74) is 1.30. The first-order valence-electron chi connectivity index (χ1n) is 7.87. The van der Waals surface area contributed by atoms with Crippen LogP contribution >= 0.6 is 11.3 Å². The summed E-state index contributed by atoms with van der Waals surface area (Å²) in [5, 5.41) is 11.5. The minimum atomic E-state index is -0.320. The molecule has 0 saturated heterocycles. The summed E-state index contributed by atoms with van der Waals surface area (Å²) in [6.07, 6.45) is 8.17. The van der Waals surface area contributed by atoms with Crippen LogP contribution in [-0.2, 0) is 6.42 Å². The summed E-state index contributed by atoms with van der Waals surface area (Å²) in [5.74, 6) is 0. The van der Waals surface area contributed by atoms with Gasteiger partial charge in [0.25, 0.3) is 0 Å². The van der Waals surface area contributed by atoms with Crippen LogP contribution in [0.15, 0.2) is 0 Å². The maximum absolute atomic E-state index is 10.4. The molecule has 3 nitrogen and oxygen atoms in total. The van der Waals surface area contributed by atoms with Crippen LogP contribution in [0.5, 0.6) is 0 Å². The fourth-order valence-corrected chi connectivity index (χ4v) is 4.76. The number of nitrogens with zero attached hydrogens (tertiary/aromatic N) is 2. The molecule has 0 aromatic carbocycles. The van der Waals surface area contributed by atoms with Gasteiger partial charge in [0.1, 0.15) is 0 Å². The molecule has 1 unspecified atom stereocenters. The van der Waals surface area contributed by atoms with Crippen LogP contribution in [0.4, 0.5) is 5.13 Å². The Morgan fingerprint density at radius 2 is 1.95 bits per heavy atom. The Labute approximate surface area is 126 Å². The van der Waals surface area contributed by atoms with Crippen LogP contribution in [0.1, 0.15) is 69.0 Å². The van der Waals surface area contributed by atoms with Crippen molar-refractivity contribution in [3.05, 3.63) is 10.6 Å². The molecule has 1 atom stereocenters.